The second kappa shape index (κ2) is 7.56. The first-order chi connectivity index (χ1) is 10.9. The summed E-state index contributed by atoms with van der Waals surface area (Å²) < 4.78 is 11.1. The van der Waals surface area contributed by atoms with Crippen molar-refractivity contribution in [2.45, 2.75) is 32.3 Å². The second-order valence-electron chi connectivity index (χ2n) is 5.67. The number of anilines is 1. The fraction of sp³-hybridized carbons (Fsp3) is 0.500. The number of nitrogens with one attached hydrogen (secondary N) is 1. The fourth-order valence-corrected chi connectivity index (χ4v) is 2.75. The fourth-order valence-electron chi connectivity index (χ4n) is 2.75. The molecule has 1 aromatic heterocycles. The maximum absolute atomic E-state index is 5.80. The summed E-state index contributed by atoms with van der Waals surface area (Å²) in [5, 5.41) is 4.72. The van der Waals surface area contributed by atoms with E-state index >= 15 is 0 Å². The highest BCUT2D eigenvalue weighted by molar-refractivity contribution is 5.91. The molecule has 2 heterocycles. The third-order valence-corrected chi connectivity index (χ3v) is 4.01. The molecule has 1 atom stereocenters. The van der Waals surface area contributed by atoms with E-state index in [9.17, 15) is 0 Å². The van der Waals surface area contributed by atoms with Gasteiger partial charge in [0.1, 0.15) is 0 Å². The molecule has 1 N–H and O–H groups in total. The molecule has 1 fully saturated rings. The molecule has 4 nitrogen and oxygen atoms in total. The van der Waals surface area contributed by atoms with Crippen LogP contribution in [-0.4, -0.2) is 37.5 Å². The normalized spacial score (nSPS) is 18.0. The van der Waals surface area contributed by atoms with Crippen molar-refractivity contribution < 1.29 is 9.47 Å². The predicted molar refractivity (Wildman–Crippen MR) is 89.4 cm³/mol. The van der Waals surface area contributed by atoms with Gasteiger partial charge in [-0.15, -0.1) is 0 Å². The molecule has 0 bridgehead atoms. The van der Waals surface area contributed by atoms with Crippen molar-refractivity contribution in [1.82, 2.24) is 4.98 Å². The largest absolute Gasteiger partial charge is 0.384 e. The Morgan fingerprint density at radius 2 is 2.27 bits per heavy atom. The molecule has 1 aliphatic heterocycles. The van der Waals surface area contributed by atoms with E-state index in [4.69, 9.17) is 9.47 Å². The number of hydrogen-bond donors (Lipinski definition) is 1. The Bertz CT molecular complexity index is 609. The number of aryl methyl sites for hydroxylation is 1. The van der Waals surface area contributed by atoms with Crippen LogP contribution in [-0.2, 0) is 15.9 Å². The zero-order valence-electron chi connectivity index (χ0n) is 13.2. The minimum Gasteiger partial charge on any atom is -0.384 e. The molecule has 4 heteroatoms. The third kappa shape index (κ3) is 3.76. The van der Waals surface area contributed by atoms with Crippen molar-refractivity contribution in [2.75, 3.05) is 31.7 Å². The number of ether oxygens (including phenoxy) is 2. The number of pyridine rings is 1. The van der Waals surface area contributed by atoms with E-state index in [1.165, 1.54) is 11.1 Å². The van der Waals surface area contributed by atoms with E-state index in [1.807, 2.05) is 6.07 Å². The molecule has 22 heavy (non-hydrogen) atoms. The van der Waals surface area contributed by atoms with E-state index in [0.29, 0.717) is 6.10 Å². The number of para-hydroxylation sites is 1. The van der Waals surface area contributed by atoms with Crippen molar-refractivity contribution >= 4 is 16.6 Å². The molecule has 0 spiro atoms. The van der Waals surface area contributed by atoms with E-state index in [1.54, 1.807) is 0 Å². The van der Waals surface area contributed by atoms with Crippen molar-refractivity contribution in [2.24, 2.45) is 0 Å². The van der Waals surface area contributed by atoms with Crippen molar-refractivity contribution in [3.05, 3.63) is 36.0 Å². The summed E-state index contributed by atoms with van der Waals surface area (Å²) in [6.45, 7) is 5.42. The van der Waals surface area contributed by atoms with E-state index < -0.39 is 0 Å². The van der Waals surface area contributed by atoms with Gasteiger partial charge in [-0.25, -0.2) is 0 Å². The van der Waals surface area contributed by atoms with Gasteiger partial charge in [0.25, 0.3) is 0 Å². The second-order valence-corrected chi connectivity index (χ2v) is 5.67. The van der Waals surface area contributed by atoms with Crippen LogP contribution < -0.4 is 5.32 Å². The van der Waals surface area contributed by atoms with Crippen LogP contribution in [0.2, 0.25) is 0 Å². The number of fused-ring (bicyclic) bond motifs is 1. The number of aromatic nitrogens is 1. The van der Waals surface area contributed by atoms with Gasteiger partial charge in [-0.2, -0.15) is 0 Å². The van der Waals surface area contributed by atoms with E-state index in [2.05, 4.69) is 41.5 Å². The van der Waals surface area contributed by atoms with Gasteiger partial charge in [-0.05, 0) is 31.4 Å². The van der Waals surface area contributed by atoms with Crippen LogP contribution in [0, 0.1) is 0 Å². The molecule has 1 aromatic carbocycles. The lowest BCUT2D eigenvalue weighted by Crippen LogP contribution is -2.15. The predicted octanol–water partition coefficient (Wildman–Crippen LogP) is 3.40. The monoisotopic (exact) mass is 300 g/mol. The maximum atomic E-state index is 5.80. The summed E-state index contributed by atoms with van der Waals surface area (Å²) >= 11 is 0. The van der Waals surface area contributed by atoms with E-state index in [0.717, 1.165) is 56.8 Å². The zero-order chi connectivity index (χ0) is 15.2. The summed E-state index contributed by atoms with van der Waals surface area (Å²) in [5.41, 5.74) is 3.36. The molecule has 1 unspecified atom stereocenters. The van der Waals surface area contributed by atoms with Gasteiger partial charge in [0.15, 0.2) is 0 Å². The smallest absolute Gasteiger partial charge is 0.0830 e. The number of hydrogen-bond acceptors (Lipinski definition) is 4. The average molecular weight is 300 g/mol. The molecular formula is C18H24N2O2. The first-order valence-corrected chi connectivity index (χ1v) is 8.18. The molecule has 1 aliphatic rings. The first kappa shape index (κ1) is 15.3. The SMILES string of the molecule is CCc1cc(NCCCOC2CCOC2)c2ccccc2n1. The Morgan fingerprint density at radius 1 is 1.36 bits per heavy atom. The van der Waals surface area contributed by atoms with Crippen LogP contribution in [0.1, 0.15) is 25.5 Å². The lowest BCUT2D eigenvalue weighted by molar-refractivity contribution is 0.0427. The van der Waals surface area contributed by atoms with Gasteiger partial charge < -0.3 is 14.8 Å². The minimum atomic E-state index is 0.299. The molecule has 0 saturated carbocycles. The number of nitrogens with zero attached hydrogens (tertiary/aromatic N) is 1. The quantitative estimate of drug-likeness (QED) is 0.796. The highest BCUT2D eigenvalue weighted by Crippen LogP contribution is 2.23. The standard InChI is InChI=1S/C18H24N2O2/c1-2-14-12-18(16-6-3-4-7-17(16)20-14)19-9-5-10-22-15-8-11-21-13-15/h3-4,6-7,12,15H,2,5,8-11,13H2,1H3,(H,19,20). The number of benzene rings is 1. The van der Waals surface area contributed by atoms with Crippen LogP contribution in [0.5, 0.6) is 0 Å². The summed E-state index contributed by atoms with van der Waals surface area (Å²) in [4.78, 5) is 4.67. The van der Waals surface area contributed by atoms with Crippen molar-refractivity contribution in [3.63, 3.8) is 0 Å². The van der Waals surface area contributed by atoms with Gasteiger partial charge in [-0.3, -0.25) is 4.98 Å². The van der Waals surface area contributed by atoms with Crippen LogP contribution in [0.4, 0.5) is 5.69 Å². The first-order valence-electron chi connectivity index (χ1n) is 8.18. The average Bonchev–Trinajstić information content (AvgIpc) is 3.07. The summed E-state index contributed by atoms with van der Waals surface area (Å²) in [6, 6.07) is 10.5. The topological polar surface area (TPSA) is 43.4 Å². The van der Waals surface area contributed by atoms with Gasteiger partial charge >= 0.3 is 0 Å². The Kier molecular flexibility index (Phi) is 5.24. The molecular weight excluding hydrogens is 276 g/mol. The number of rotatable bonds is 7. The van der Waals surface area contributed by atoms with Crippen LogP contribution >= 0.6 is 0 Å². The van der Waals surface area contributed by atoms with Crippen molar-refractivity contribution in [3.8, 4) is 0 Å². The summed E-state index contributed by atoms with van der Waals surface area (Å²) in [5.74, 6) is 0. The van der Waals surface area contributed by atoms with E-state index in [-0.39, 0.29) is 0 Å². The highest BCUT2D eigenvalue weighted by atomic mass is 16.5. The zero-order valence-corrected chi connectivity index (χ0v) is 13.2. The lowest BCUT2D eigenvalue weighted by atomic mass is 10.1. The molecule has 118 valence electrons. The van der Waals surface area contributed by atoms with Gasteiger partial charge in [0.2, 0.25) is 0 Å². The highest BCUT2D eigenvalue weighted by Gasteiger charge is 2.15. The minimum absolute atomic E-state index is 0.299. The molecule has 3 rings (SSSR count). The van der Waals surface area contributed by atoms with Crippen molar-refractivity contribution in [1.29, 1.82) is 0 Å². The van der Waals surface area contributed by atoms with Crippen LogP contribution in [0.15, 0.2) is 30.3 Å². The molecule has 0 amide bonds. The third-order valence-electron chi connectivity index (χ3n) is 4.01. The van der Waals surface area contributed by atoms with Crippen LogP contribution in [0.3, 0.4) is 0 Å². The Morgan fingerprint density at radius 3 is 3.09 bits per heavy atom. The maximum Gasteiger partial charge on any atom is 0.0830 e. The molecule has 0 aliphatic carbocycles. The summed E-state index contributed by atoms with van der Waals surface area (Å²) in [6.07, 6.45) is 3.27. The van der Waals surface area contributed by atoms with Crippen LogP contribution in [0.25, 0.3) is 10.9 Å². The van der Waals surface area contributed by atoms with Gasteiger partial charge in [0, 0.05) is 36.5 Å². The van der Waals surface area contributed by atoms with Gasteiger partial charge in [0.05, 0.1) is 18.2 Å². The lowest BCUT2D eigenvalue weighted by Gasteiger charge is -2.13. The molecule has 1 saturated heterocycles. The Balaban J connectivity index is 1.56. The Labute approximate surface area is 131 Å². The molecule has 2 aromatic rings. The summed E-state index contributed by atoms with van der Waals surface area (Å²) in [7, 11) is 0. The Hall–Kier alpha value is -1.65. The molecule has 0 radical (unpaired) electrons. The van der Waals surface area contributed by atoms with Gasteiger partial charge in [-0.1, -0.05) is 25.1 Å².